The lowest BCUT2D eigenvalue weighted by molar-refractivity contribution is 0.101. The maximum atomic E-state index is 12.5. The van der Waals surface area contributed by atoms with Crippen molar-refractivity contribution in [2.45, 2.75) is 20.8 Å². The Hall–Kier alpha value is -3.47. The van der Waals surface area contributed by atoms with Gasteiger partial charge in [0, 0.05) is 23.1 Å². The molecule has 5 heteroatoms. The molecule has 2 aromatic carbocycles. The number of nitrogens with one attached hydrogen (secondary N) is 2. The minimum absolute atomic E-state index is 0.0117. The topological polar surface area (TPSA) is 71.1 Å². The van der Waals surface area contributed by atoms with E-state index in [0.29, 0.717) is 16.8 Å². The van der Waals surface area contributed by atoms with Gasteiger partial charge >= 0.3 is 0 Å². The number of anilines is 3. The van der Waals surface area contributed by atoms with Crippen LogP contribution in [-0.4, -0.2) is 16.7 Å². The van der Waals surface area contributed by atoms with Crippen LogP contribution in [0.1, 0.15) is 38.8 Å². The van der Waals surface area contributed by atoms with Crippen LogP contribution in [0.2, 0.25) is 0 Å². The van der Waals surface area contributed by atoms with E-state index < -0.39 is 0 Å². The molecule has 136 valence electrons. The van der Waals surface area contributed by atoms with Crippen LogP contribution in [0.25, 0.3) is 0 Å². The highest BCUT2D eigenvalue weighted by atomic mass is 16.1. The highest BCUT2D eigenvalue weighted by Gasteiger charge is 2.09. The molecule has 5 nitrogen and oxygen atoms in total. The molecule has 1 amide bonds. The largest absolute Gasteiger partial charge is 0.354 e. The second kappa shape index (κ2) is 7.83. The molecule has 0 spiro atoms. The molecule has 0 atom stereocenters. The average Bonchev–Trinajstić information content (AvgIpc) is 2.65. The summed E-state index contributed by atoms with van der Waals surface area (Å²) in [6.45, 7) is 5.57. The van der Waals surface area contributed by atoms with Gasteiger partial charge in [-0.3, -0.25) is 14.6 Å². The third-order valence-electron chi connectivity index (χ3n) is 4.30. The van der Waals surface area contributed by atoms with Crippen molar-refractivity contribution in [3.8, 4) is 0 Å². The van der Waals surface area contributed by atoms with Crippen molar-refractivity contribution in [3.05, 3.63) is 83.2 Å². The van der Waals surface area contributed by atoms with Gasteiger partial charge in [0.15, 0.2) is 5.78 Å². The summed E-state index contributed by atoms with van der Waals surface area (Å²) in [5.41, 5.74) is 5.67. The SMILES string of the molecule is CC(=O)c1ccc(NC(=O)c2cncc(Nc3c(C)cccc3C)c2)cc1. The molecule has 0 unspecified atom stereocenters. The lowest BCUT2D eigenvalue weighted by Gasteiger charge is -2.13. The Morgan fingerprint density at radius 1 is 0.852 bits per heavy atom. The summed E-state index contributed by atoms with van der Waals surface area (Å²) < 4.78 is 0. The van der Waals surface area contributed by atoms with E-state index in [9.17, 15) is 9.59 Å². The Morgan fingerprint density at radius 2 is 1.52 bits per heavy atom. The van der Waals surface area contributed by atoms with E-state index in [4.69, 9.17) is 0 Å². The summed E-state index contributed by atoms with van der Waals surface area (Å²) in [6, 6.07) is 14.6. The zero-order valence-corrected chi connectivity index (χ0v) is 15.5. The number of carbonyl (C=O) groups is 2. The smallest absolute Gasteiger partial charge is 0.257 e. The lowest BCUT2D eigenvalue weighted by Crippen LogP contribution is -2.12. The molecule has 0 saturated carbocycles. The summed E-state index contributed by atoms with van der Waals surface area (Å²) in [4.78, 5) is 28.0. The molecular formula is C22H21N3O2. The minimum atomic E-state index is -0.261. The van der Waals surface area contributed by atoms with Crippen LogP contribution < -0.4 is 10.6 Å². The van der Waals surface area contributed by atoms with E-state index in [2.05, 4.69) is 15.6 Å². The van der Waals surface area contributed by atoms with E-state index in [0.717, 1.165) is 22.5 Å². The summed E-state index contributed by atoms with van der Waals surface area (Å²) in [7, 11) is 0. The first kappa shape index (κ1) is 18.3. The first-order chi connectivity index (χ1) is 12.9. The van der Waals surface area contributed by atoms with Crippen LogP contribution in [0.4, 0.5) is 17.1 Å². The van der Waals surface area contributed by atoms with Crippen LogP contribution in [0, 0.1) is 13.8 Å². The number of para-hydroxylation sites is 1. The van der Waals surface area contributed by atoms with Gasteiger partial charge in [-0.1, -0.05) is 18.2 Å². The number of aryl methyl sites for hydroxylation is 2. The zero-order chi connectivity index (χ0) is 19.4. The Morgan fingerprint density at radius 3 is 2.15 bits per heavy atom. The van der Waals surface area contributed by atoms with E-state index in [-0.39, 0.29) is 11.7 Å². The van der Waals surface area contributed by atoms with Crippen LogP contribution in [-0.2, 0) is 0 Å². The van der Waals surface area contributed by atoms with E-state index >= 15 is 0 Å². The van der Waals surface area contributed by atoms with Crippen molar-refractivity contribution in [2.24, 2.45) is 0 Å². The van der Waals surface area contributed by atoms with Gasteiger partial charge in [-0.05, 0) is 62.2 Å². The van der Waals surface area contributed by atoms with Gasteiger partial charge in [0.25, 0.3) is 5.91 Å². The lowest BCUT2D eigenvalue weighted by atomic mass is 10.1. The minimum Gasteiger partial charge on any atom is -0.354 e. The molecule has 0 aliphatic heterocycles. The van der Waals surface area contributed by atoms with E-state index in [1.807, 2.05) is 32.0 Å². The first-order valence-electron chi connectivity index (χ1n) is 8.64. The van der Waals surface area contributed by atoms with Gasteiger partial charge in [0.1, 0.15) is 0 Å². The van der Waals surface area contributed by atoms with Gasteiger partial charge in [-0.15, -0.1) is 0 Å². The number of aromatic nitrogens is 1. The maximum Gasteiger partial charge on any atom is 0.257 e. The Balaban J connectivity index is 1.76. The Bertz CT molecular complexity index is 974. The Labute approximate surface area is 158 Å². The Kier molecular flexibility index (Phi) is 5.31. The molecule has 27 heavy (non-hydrogen) atoms. The van der Waals surface area contributed by atoms with Crippen LogP contribution in [0.15, 0.2) is 60.9 Å². The third-order valence-corrected chi connectivity index (χ3v) is 4.30. The second-order valence-corrected chi connectivity index (χ2v) is 6.44. The number of rotatable bonds is 5. The number of nitrogens with zero attached hydrogens (tertiary/aromatic N) is 1. The summed E-state index contributed by atoms with van der Waals surface area (Å²) in [6.07, 6.45) is 3.21. The molecule has 0 radical (unpaired) electrons. The summed E-state index contributed by atoms with van der Waals surface area (Å²) in [5.74, 6) is -0.273. The zero-order valence-electron chi connectivity index (χ0n) is 15.5. The standard InChI is InChI=1S/C22H21N3O2/c1-14-5-4-6-15(2)21(14)24-20-11-18(12-23-13-20)22(27)25-19-9-7-17(8-10-19)16(3)26/h4-13,24H,1-3H3,(H,25,27). The predicted octanol–water partition coefficient (Wildman–Crippen LogP) is 4.90. The molecule has 0 fully saturated rings. The highest BCUT2D eigenvalue weighted by molar-refractivity contribution is 6.05. The van der Waals surface area contributed by atoms with Gasteiger partial charge < -0.3 is 10.6 Å². The van der Waals surface area contributed by atoms with Gasteiger partial charge in [0.05, 0.1) is 17.4 Å². The number of carbonyl (C=O) groups excluding carboxylic acids is 2. The number of pyridine rings is 1. The monoisotopic (exact) mass is 359 g/mol. The fraction of sp³-hybridized carbons (Fsp3) is 0.136. The van der Waals surface area contributed by atoms with Gasteiger partial charge in [-0.25, -0.2) is 0 Å². The third kappa shape index (κ3) is 4.39. The van der Waals surface area contributed by atoms with Crippen molar-refractivity contribution in [1.82, 2.24) is 4.98 Å². The molecule has 2 N–H and O–H groups in total. The van der Waals surface area contributed by atoms with Crippen molar-refractivity contribution in [3.63, 3.8) is 0 Å². The number of Topliss-reactive ketones (excluding diaryl/α,β-unsaturated/α-hetero) is 1. The molecule has 0 bridgehead atoms. The van der Waals surface area contributed by atoms with E-state index in [1.54, 1.807) is 36.5 Å². The molecule has 1 heterocycles. The van der Waals surface area contributed by atoms with Crippen molar-refractivity contribution >= 4 is 28.8 Å². The first-order valence-corrected chi connectivity index (χ1v) is 8.64. The van der Waals surface area contributed by atoms with Crippen LogP contribution >= 0.6 is 0 Å². The molecule has 3 aromatic rings. The molecule has 0 aliphatic rings. The molecule has 3 rings (SSSR count). The predicted molar refractivity (Wildman–Crippen MR) is 108 cm³/mol. The average molecular weight is 359 g/mol. The van der Waals surface area contributed by atoms with E-state index in [1.165, 1.54) is 13.1 Å². The van der Waals surface area contributed by atoms with Crippen molar-refractivity contribution < 1.29 is 9.59 Å². The molecule has 0 aliphatic carbocycles. The number of amides is 1. The molecular weight excluding hydrogens is 338 g/mol. The number of ketones is 1. The van der Waals surface area contributed by atoms with Crippen LogP contribution in [0.3, 0.4) is 0 Å². The van der Waals surface area contributed by atoms with Gasteiger partial charge in [-0.2, -0.15) is 0 Å². The number of hydrogen-bond donors (Lipinski definition) is 2. The van der Waals surface area contributed by atoms with Crippen LogP contribution in [0.5, 0.6) is 0 Å². The summed E-state index contributed by atoms with van der Waals surface area (Å²) >= 11 is 0. The molecule has 0 saturated heterocycles. The van der Waals surface area contributed by atoms with Crippen molar-refractivity contribution in [2.75, 3.05) is 10.6 Å². The maximum absolute atomic E-state index is 12.5. The fourth-order valence-corrected chi connectivity index (χ4v) is 2.78. The summed E-state index contributed by atoms with van der Waals surface area (Å²) in [5, 5.41) is 6.16. The highest BCUT2D eigenvalue weighted by Crippen LogP contribution is 2.24. The molecule has 1 aromatic heterocycles. The quantitative estimate of drug-likeness (QED) is 0.636. The second-order valence-electron chi connectivity index (χ2n) is 6.44. The normalized spacial score (nSPS) is 10.3. The fourth-order valence-electron chi connectivity index (χ4n) is 2.78. The van der Waals surface area contributed by atoms with Crippen molar-refractivity contribution in [1.29, 1.82) is 0 Å². The number of benzene rings is 2. The van der Waals surface area contributed by atoms with Gasteiger partial charge in [0.2, 0.25) is 0 Å². The number of hydrogen-bond acceptors (Lipinski definition) is 4.